The van der Waals surface area contributed by atoms with E-state index in [1.165, 1.54) is 12.7 Å². The zero-order valence-corrected chi connectivity index (χ0v) is 16.8. The molecule has 2 rings (SSSR count). The predicted octanol–water partition coefficient (Wildman–Crippen LogP) is 4.72. The Bertz CT molecular complexity index is 758. The van der Waals surface area contributed by atoms with Crippen LogP contribution in [-0.4, -0.2) is 29.1 Å². The van der Waals surface area contributed by atoms with Gasteiger partial charge in [0.2, 0.25) is 0 Å². The first-order valence-electron chi connectivity index (χ1n) is 9.70. The normalized spacial score (nSPS) is 14.1. The van der Waals surface area contributed by atoms with Gasteiger partial charge in [-0.2, -0.15) is 0 Å². The van der Waals surface area contributed by atoms with Crippen LogP contribution < -0.4 is 0 Å². The van der Waals surface area contributed by atoms with E-state index in [1.54, 1.807) is 24.5 Å². The molecule has 5 nitrogen and oxygen atoms in total. The lowest BCUT2D eigenvalue weighted by Crippen LogP contribution is -2.18. The van der Waals surface area contributed by atoms with E-state index >= 15 is 0 Å². The van der Waals surface area contributed by atoms with E-state index in [1.807, 2.05) is 31.2 Å². The molecule has 150 valence electrons. The number of esters is 1. The Labute approximate surface area is 166 Å². The molecule has 0 amide bonds. The summed E-state index contributed by atoms with van der Waals surface area (Å²) >= 11 is 0. The fourth-order valence-electron chi connectivity index (χ4n) is 3.64. The monoisotopic (exact) mass is 383 g/mol. The molecule has 0 aliphatic carbocycles. The first-order valence-corrected chi connectivity index (χ1v) is 9.70. The van der Waals surface area contributed by atoms with Gasteiger partial charge in [0, 0.05) is 12.4 Å². The molecule has 5 heteroatoms. The fraction of sp³-hybridized carbons (Fsp3) is 0.435. The summed E-state index contributed by atoms with van der Waals surface area (Å²) in [5.41, 5.74) is 2.65. The summed E-state index contributed by atoms with van der Waals surface area (Å²) < 4.78 is 4.90. The second-order valence-corrected chi connectivity index (χ2v) is 7.48. The molecule has 0 radical (unpaired) electrons. The molecule has 0 bridgehead atoms. The third kappa shape index (κ3) is 6.48. The standard InChI is InChI=1S/C23H29NO4/c1-16(20-6-8-21(9-7-20)22(25)26)14-19(15-17(2)23(27)28-3)5-4-18-10-12-24-13-11-18/h6-13,16-17,19H,4-5,14-15H2,1-3H3,(H,25,26). The van der Waals surface area contributed by atoms with E-state index in [0.717, 1.165) is 31.2 Å². The van der Waals surface area contributed by atoms with Gasteiger partial charge in [-0.05, 0) is 72.9 Å². The van der Waals surface area contributed by atoms with Crippen molar-refractivity contribution in [1.82, 2.24) is 4.98 Å². The average Bonchev–Trinajstić information content (AvgIpc) is 2.72. The summed E-state index contributed by atoms with van der Waals surface area (Å²) in [7, 11) is 1.43. The van der Waals surface area contributed by atoms with Crippen LogP contribution in [0.2, 0.25) is 0 Å². The second kappa shape index (κ2) is 10.6. The van der Waals surface area contributed by atoms with Gasteiger partial charge < -0.3 is 9.84 Å². The Kier molecular flexibility index (Phi) is 8.18. The van der Waals surface area contributed by atoms with Gasteiger partial charge in [0.25, 0.3) is 0 Å². The molecule has 1 N–H and O–H groups in total. The van der Waals surface area contributed by atoms with Crippen LogP contribution >= 0.6 is 0 Å². The third-order valence-electron chi connectivity index (χ3n) is 5.29. The summed E-state index contributed by atoms with van der Waals surface area (Å²) in [5.74, 6) is -0.603. The summed E-state index contributed by atoms with van der Waals surface area (Å²) in [4.78, 5) is 27.0. The minimum atomic E-state index is -0.915. The lowest BCUT2D eigenvalue weighted by atomic mass is 9.82. The van der Waals surface area contributed by atoms with Gasteiger partial charge in [-0.15, -0.1) is 0 Å². The third-order valence-corrected chi connectivity index (χ3v) is 5.29. The summed E-state index contributed by atoms with van der Waals surface area (Å²) in [6.45, 7) is 4.07. The maximum absolute atomic E-state index is 11.9. The summed E-state index contributed by atoms with van der Waals surface area (Å²) in [6, 6.07) is 11.1. The molecule has 2 aromatic rings. The molecule has 0 spiro atoms. The van der Waals surface area contributed by atoms with Crippen molar-refractivity contribution in [1.29, 1.82) is 0 Å². The number of carbonyl (C=O) groups is 2. The molecule has 28 heavy (non-hydrogen) atoms. The van der Waals surface area contributed by atoms with Crippen LogP contribution in [0, 0.1) is 11.8 Å². The molecule has 0 saturated heterocycles. The van der Waals surface area contributed by atoms with Crippen molar-refractivity contribution >= 4 is 11.9 Å². The molecule has 0 aliphatic heterocycles. The van der Waals surface area contributed by atoms with Crippen molar-refractivity contribution in [3.63, 3.8) is 0 Å². The van der Waals surface area contributed by atoms with Crippen molar-refractivity contribution in [2.75, 3.05) is 7.11 Å². The highest BCUT2D eigenvalue weighted by molar-refractivity contribution is 5.87. The number of carbonyl (C=O) groups excluding carboxylic acids is 1. The van der Waals surface area contributed by atoms with E-state index < -0.39 is 5.97 Å². The fourth-order valence-corrected chi connectivity index (χ4v) is 3.64. The lowest BCUT2D eigenvalue weighted by Gasteiger charge is -2.24. The highest BCUT2D eigenvalue weighted by atomic mass is 16.5. The molecule has 0 aliphatic rings. The SMILES string of the molecule is COC(=O)C(C)CC(CCc1ccncc1)CC(C)c1ccc(C(=O)O)cc1. The number of methoxy groups -OCH3 is 1. The van der Waals surface area contributed by atoms with Crippen molar-refractivity contribution < 1.29 is 19.4 Å². The number of ether oxygens (including phenoxy) is 1. The van der Waals surface area contributed by atoms with Crippen molar-refractivity contribution in [2.24, 2.45) is 11.8 Å². The van der Waals surface area contributed by atoms with E-state index in [-0.39, 0.29) is 17.8 Å². The number of rotatable bonds is 10. The van der Waals surface area contributed by atoms with Gasteiger partial charge in [0.1, 0.15) is 0 Å². The van der Waals surface area contributed by atoms with Crippen LogP contribution in [0.3, 0.4) is 0 Å². The van der Waals surface area contributed by atoms with Gasteiger partial charge in [0.05, 0.1) is 18.6 Å². The second-order valence-electron chi connectivity index (χ2n) is 7.48. The van der Waals surface area contributed by atoms with E-state index in [2.05, 4.69) is 11.9 Å². The quantitative estimate of drug-likeness (QED) is 0.601. The maximum atomic E-state index is 11.9. The van der Waals surface area contributed by atoms with E-state index in [0.29, 0.717) is 11.5 Å². The minimum absolute atomic E-state index is 0.144. The molecule has 3 unspecified atom stereocenters. The summed E-state index contributed by atoms with van der Waals surface area (Å²) in [6.07, 6.45) is 7.21. The number of carboxylic acid groups (broad SMARTS) is 1. The molecule has 0 saturated carbocycles. The van der Waals surface area contributed by atoms with Crippen LogP contribution in [0.15, 0.2) is 48.8 Å². The number of aromatic carboxylic acids is 1. The van der Waals surface area contributed by atoms with Crippen LogP contribution in [-0.2, 0) is 16.0 Å². The lowest BCUT2D eigenvalue weighted by molar-refractivity contribution is -0.145. The number of pyridine rings is 1. The van der Waals surface area contributed by atoms with E-state index in [4.69, 9.17) is 9.84 Å². The Morgan fingerprint density at radius 1 is 1.04 bits per heavy atom. The first-order chi connectivity index (χ1) is 13.4. The van der Waals surface area contributed by atoms with Gasteiger partial charge in [-0.1, -0.05) is 26.0 Å². The molecule has 1 aromatic carbocycles. The molecule has 3 atom stereocenters. The van der Waals surface area contributed by atoms with Crippen molar-refractivity contribution in [3.05, 3.63) is 65.5 Å². The summed E-state index contributed by atoms with van der Waals surface area (Å²) in [5, 5.41) is 9.06. The Morgan fingerprint density at radius 2 is 1.68 bits per heavy atom. The minimum Gasteiger partial charge on any atom is -0.478 e. The Morgan fingerprint density at radius 3 is 2.25 bits per heavy atom. The maximum Gasteiger partial charge on any atom is 0.335 e. The largest absolute Gasteiger partial charge is 0.478 e. The topological polar surface area (TPSA) is 76.5 Å². The van der Waals surface area contributed by atoms with Gasteiger partial charge in [0.15, 0.2) is 0 Å². The van der Waals surface area contributed by atoms with Crippen molar-refractivity contribution in [3.8, 4) is 0 Å². The van der Waals surface area contributed by atoms with E-state index in [9.17, 15) is 9.59 Å². The highest BCUT2D eigenvalue weighted by Crippen LogP contribution is 2.30. The number of nitrogens with zero attached hydrogens (tertiary/aromatic N) is 1. The highest BCUT2D eigenvalue weighted by Gasteiger charge is 2.22. The number of aryl methyl sites for hydroxylation is 1. The van der Waals surface area contributed by atoms with Crippen LogP contribution in [0.4, 0.5) is 0 Å². The number of hydrogen-bond acceptors (Lipinski definition) is 4. The van der Waals surface area contributed by atoms with Crippen LogP contribution in [0.1, 0.15) is 60.5 Å². The smallest absolute Gasteiger partial charge is 0.335 e. The zero-order valence-electron chi connectivity index (χ0n) is 16.8. The Hall–Kier alpha value is -2.69. The van der Waals surface area contributed by atoms with Crippen LogP contribution in [0.25, 0.3) is 0 Å². The molecule has 1 aromatic heterocycles. The number of carboxylic acids is 1. The average molecular weight is 383 g/mol. The van der Waals surface area contributed by atoms with Gasteiger partial charge >= 0.3 is 11.9 Å². The predicted molar refractivity (Wildman–Crippen MR) is 108 cm³/mol. The zero-order chi connectivity index (χ0) is 20.5. The van der Waals surface area contributed by atoms with Crippen LogP contribution in [0.5, 0.6) is 0 Å². The Balaban J connectivity index is 2.05. The molecular weight excluding hydrogens is 354 g/mol. The molecular formula is C23H29NO4. The number of hydrogen-bond donors (Lipinski definition) is 1. The van der Waals surface area contributed by atoms with Gasteiger partial charge in [-0.3, -0.25) is 9.78 Å². The molecule has 1 heterocycles. The number of aromatic nitrogens is 1. The number of benzene rings is 1. The van der Waals surface area contributed by atoms with Crippen molar-refractivity contribution in [2.45, 2.75) is 45.4 Å². The first kappa shape index (κ1) is 21.6. The molecule has 0 fully saturated rings. The van der Waals surface area contributed by atoms with Gasteiger partial charge in [-0.25, -0.2) is 4.79 Å².